The summed E-state index contributed by atoms with van der Waals surface area (Å²) < 4.78 is 17.8. The molecule has 1 saturated heterocycles. The maximum absolute atomic E-state index is 13.1. The smallest absolute Gasteiger partial charge is 0.411 e. The Hall–Kier alpha value is -2.11. The van der Waals surface area contributed by atoms with Gasteiger partial charge in [0, 0.05) is 0 Å². The fourth-order valence-electron chi connectivity index (χ4n) is 1.83. The van der Waals surface area contributed by atoms with Crippen molar-refractivity contribution in [2.24, 2.45) is 0 Å². The van der Waals surface area contributed by atoms with E-state index >= 15 is 0 Å². The van der Waals surface area contributed by atoms with Gasteiger partial charge in [0.15, 0.2) is 6.04 Å². The Labute approximate surface area is 103 Å². The topological polar surface area (TPSA) is 66.8 Å². The van der Waals surface area contributed by atoms with Crippen molar-refractivity contribution in [3.63, 3.8) is 0 Å². The predicted molar refractivity (Wildman–Crippen MR) is 59.5 cm³/mol. The van der Waals surface area contributed by atoms with Crippen molar-refractivity contribution >= 4 is 12.1 Å². The molecule has 1 aromatic carbocycles. The van der Waals surface area contributed by atoms with Crippen LogP contribution in [-0.4, -0.2) is 34.7 Å². The fourth-order valence-corrected chi connectivity index (χ4v) is 1.83. The Morgan fingerprint density at radius 1 is 1.61 bits per heavy atom. The van der Waals surface area contributed by atoms with Crippen molar-refractivity contribution in [1.82, 2.24) is 4.90 Å². The molecule has 1 fully saturated rings. The van der Waals surface area contributed by atoms with Crippen LogP contribution in [0.3, 0.4) is 0 Å². The zero-order valence-corrected chi connectivity index (χ0v) is 9.72. The summed E-state index contributed by atoms with van der Waals surface area (Å²) in [5.41, 5.74) is 1.12. The van der Waals surface area contributed by atoms with Crippen LogP contribution in [0.25, 0.3) is 0 Å². The summed E-state index contributed by atoms with van der Waals surface area (Å²) in [7, 11) is 0. The van der Waals surface area contributed by atoms with Crippen molar-refractivity contribution in [2.45, 2.75) is 19.5 Å². The Kier molecular flexibility index (Phi) is 3.18. The van der Waals surface area contributed by atoms with Gasteiger partial charge in [0.1, 0.15) is 12.4 Å². The fraction of sp³-hybridized carbons (Fsp3) is 0.333. The molecule has 5 nitrogen and oxygen atoms in total. The predicted octanol–water partition coefficient (Wildman–Crippen LogP) is 1.54. The Morgan fingerprint density at radius 2 is 2.33 bits per heavy atom. The molecule has 96 valence electrons. The van der Waals surface area contributed by atoms with Gasteiger partial charge in [0.05, 0.1) is 6.54 Å². The minimum Gasteiger partial charge on any atom is -0.480 e. The number of carbonyl (C=O) groups is 2. The van der Waals surface area contributed by atoms with Crippen LogP contribution in [0.1, 0.15) is 11.1 Å². The van der Waals surface area contributed by atoms with E-state index < -0.39 is 18.1 Å². The first-order valence-corrected chi connectivity index (χ1v) is 5.40. The van der Waals surface area contributed by atoms with Crippen LogP contribution in [-0.2, 0) is 16.1 Å². The van der Waals surface area contributed by atoms with Crippen LogP contribution in [0.5, 0.6) is 0 Å². The van der Waals surface area contributed by atoms with E-state index in [1.54, 1.807) is 13.0 Å². The third-order valence-electron chi connectivity index (χ3n) is 2.84. The number of benzene rings is 1. The van der Waals surface area contributed by atoms with Gasteiger partial charge in [-0.15, -0.1) is 0 Å². The highest BCUT2D eigenvalue weighted by molar-refractivity contribution is 5.82. The molecule has 1 aliphatic heterocycles. The highest BCUT2D eigenvalue weighted by atomic mass is 19.1. The van der Waals surface area contributed by atoms with Gasteiger partial charge in [-0.25, -0.2) is 14.0 Å². The van der Waals surface area contributed by atoms with Gasteiger partial charge < -0.3 is 9.84 Å². The first-order valence-electron chi connectivity index (χ1n) is 5.40. The molecule has 0 bridgehead atoms. The van der Waals surface area contributed by atoms with Crippen molar-refractivity contribution < 1.29 is 23.8 Å². The van der Waals surface area contributed by atoms with E-state index in [1.807, 2.05) is 0 Å². The number of carboxylic acids is 1. The second-order valence-corrected chi connectivity index (χ2v) is 4.14. The largest absolute Gasteiger partial charge is 0.480 e. The number of aryl methyl sites for hydroxylation is 1. The Balaban J connectivity index is 2.18. The zero-order chi connectivity index (χ0) is 13.3. The lowest BCUT2D eigenvalue weighted by atomic mass is 10.1. The van der Waals surface area contributed by atoms with E-state index in [-0.39, 0.29) is 19.0 Å². The molecule has 1 aliphatic rings. The number of amides is 1. The normalized spacial score (nSPS) is 18.9. The van der Waals surface area contributed by atoms with Crippen molar-refractivity contribution in [1.29, 1.82) is 0 Å². The third-order valence-corrected chi connectivity index (χ3v) is 2.84. The lowest BCUT2D eigenvalue weighted by Gasteiger charge is -2.18. The molecule has 6 heteroatoms. The van der Waals surface area contributed by atoms with Crippen LogP contribution >= 0.6 is 0 Å². The monoisotopic (exact) mass is 253 g/mol. The lowest BCUT2D eigenvalue weighted by molar-refractivity contribution is -0.141. The maximum atomic E-state index is 13.1. The summed E-state index contributed by atoms with van der Waals surface area (Å²) >= 11 is 0. The summed E-state index contributed by atoms with van der Waals surface area (Å²) in [6.45, 7) is 1.54. The number of hydrogen-bond donors (Lipinski definition) is 1. The number of nitrogens with zero attached hydrogens (tertiary/aromatic N) is 1. The average molecular weight is 253 g/mol. The van der Waals surface area contributed by atoms with Crippen molar-refractivity contribution in [2.75, 3.05) is 6.61 Å². The van der Waals surface area contributed by atoms with Crippen LogP contribution in [0.2, 0.25) is 0 Å². The van der Waals surface area contributed by atoms with E-state index in [2.05, 4.69) is 0 Å². The number of carbonyl (C=O) groups excluding carboxylic acids is 1. The van der Waals surface area contributed by atoms with Gasteiger partial charge in [-0.3, -0.25) is 4.90 Å². The third kappa shape index (κ3) is 2.27. The standard InChI is InChI=1S/C12H12FNO4/c1-7-4-8(2-3-9(7)13)5-14-10(11(15)16)6-18-12(14)17/h2-4,10H,5-6H2,1H3,(H,15,16). The molecular weight excluding hydrogens is 241 g/mol. The summed E-state index contributed by atoms with van der Waals surface area (Å²) in [5, 5.41) is 8.94. The molecule has 1 N–H and O–H groups in total. The molecule has 0 aromatic heterocycles. The van der Waals surface area contributed by atoms with Crippen molar-refractivity contribution in [3.8, 4) is 0 Å². The Bertz CT molecular complexity index is 503. The molecule has 18 heavy (non-hydrogen) atoms. The van der Waals surface area contributed by atoms with Gasteiger partial charge in [0.25, 0.3) is 0 Å². The Morgan fingerprint density at radius 3 is 2.94 bits per heavy atom. The minimum atomic E-state index is -1.11. The van der Waals surface area contributed by atoms with Gasteiger partial charge in [-0.05, 0) is 24.1 Å². The quantitative estimate of drug-likeness (QED) is 0.887. The van der Waals surface area contributed by atoms with Crippen LogP contribution in [0, 0.1) is 12.7 Å². The molecule has 2 rings (SSSR count). The molecule has 0 spiro atoms. The van der Waals surface area contributed by atoms with Crippen LogP contribution in [0.15, 0.2) is 18.2 Å². The number of rotatable bonds is 3. The molecule has 1 unspecified atom stereocenters. The summed E-state index contributed by atoms with van der Waals surface area (Å²) in [6, 6.07) is 3.41. The van der Waals surface area contributed by atoms with E-state index in [1.165, 1.54) is 12.1 Å². The van der Waals surface area contributed by atoms with Gasteiger partial charge in [-0.2, -0.15) is 0 Å². The van der Waals surface area contributed by atoms with Crippen molar-refractivity contribution in [3.05, 3.63) is 35.1 Å². The summed E-state index contributed by atoms with van der Waals surface area (Å²) in [4.78, 5) is 23.5. The molecular formula is C12H12FNO4. The number of aliphatic carboxylic acids is 1. The lowest BCUT2D eigenvalue weighted by Crippen LogP contribution is -2.38. The van der Waals surface area contributed by atoms with E-state index in [4.69, 9.17) is 9.84 Å². The summed E-state index contributed by atoms with van der Waals surface area (Å²) in [6.07, 6.45) is -0.663. The number of cyclic esters (lactones) is 1. The number of ether oxygens (including phenoxy) is 1. The van der Waals surface area contributed by atoms with E-state index in [9.17, 15) is 14.0 Å². The van der Waals surface area contributed by atoms with Gasteiger partial charge >= 0.3 is 12.1 Å². The number of carboxylic acid groups (broad SMARTS) is 1. The molecule has 0 radical (unpaired) electrons. The summed E-state index contributed by atoms with van der Waals surface area (Å²) in [5.74, 6) is -1.45. The molecule has 0 aliphatic carbocycles. The highest BCUT2D eigenvalue weighted by Crippen LogP contribution is 2.18. The van der Waals surface area contributed by atoms with Gasteiger partial charge in [0.2, 0.25) is 0 Å². The highest BCUT2D eigenvalue weighted by Gasteiger charge is 2.37. The SMILES string of the molecule is Cc1cc(CN2C(=O)OCC2C(=O)O)ccc1F. The first kappa shape index (κ1) is 12.3. The minimum absolute atomic E-state index is 0.0942. The number of hydrogen-bond acceptors (Lipinski definition) is 3. The second-order valence-electron chi connectivity index (χ2n) is 4.14. The molecule has 1 amide bonds. The first-order chi connectivity index (χ1) is 8.49. The van der Waals surface area contributed by atoms with E-state index in [0.717, 1.165) is 4.90 Å². The second kappa shape index (κ2) is 4.64. The van der Waals surface area contributed by atoms with E-state index in [0.29, 0.717) is 11.1 Å². The maximum Gasteiger partial charge on any atom is 0.411 e. The van der Waals surface area contributed by atoms with Crippen LogP contribution < -0.4 is 0 Å². The van der Waals surface area contributed by atoms with Crippen LogP contribution in [0.4, 0.5) is 9.18 Å². The molecule has 1 aromatic rings. The molecule has 0 saturated carbocycles. The molecule has 1 atom stereocenters. The average Bonchev–Trinajstić information content (AvgIpc) is 2.66. The zero-order valence-electron chi connectivity index (χ0n) is 9.72. The molecule has 1 heterocycles. The van der Waals surface area contributed by atoms with Gasteiger partial charge in [-0.1, -0.05) is 12.1 Å². The number of halogens is 1.